The molecular formula is C9H6F2OS2. The van der Waals surface area contributed by atoms with Gasteiger partial charge in [0.25, 0.3) is 6.43 Å². The van der Waals surface area contributed by atoms with Gasteiger partial charge in [0.1, 0.15) is 5.75 Å². The van der Waals surface area contributed by atoms with Crippen molar-refractivity contribution in [3.8, 4) is 5.75 Å². The predicted molar refractivity (Wildman–Crippen MR) is 55.7 cm³/mol. The summed E-state index contributed by atoms with van der Waals surface area (Å²) >= 11 is 5.38. The number of thiol groups is 1. The van der Waals surface area contributed by atoms with Crippen LogP contribution < -0.4 is 0 Å². The molecule has 0 aliphatic carbocycles. The first-order chi connectivity index (χ1) is 6.59. The highest BCUT2D eigenvalue weighted by atomic mass is 32.1. The molecule has 2 aromatic rings. The summed E-state index contributed by atoms with van der Waals surface area (Å²) in [4.78, 5) is 0.475. The minimum atomic E-state index is -2.54. The van der Waals surface area contributed by atoms with E-state index in [0.29, 0.717) is 10.3 Å². The molecule has 0 saturated carbocycles. The van der Waals surface area contributed by atoms with Crippen molar-refractivity contribution >= 4 is 34.1 Å². The highest BCUT2D eigenvalue weighted by Gasteiger charge is 2.13. The van der Waals surface area contributed by atoms with Crippen molar-refractivity contribution in [3.05, 3.63) is 23.1 Å². The van der Waals surface area contributed by atoms with Crippen LogP contribution in [0, 0.1) is 0 Å². The molecule has 1 nitrogen and oxygen atoms in total. The van der Waals surface area contributed by atoms with E-state index < -0.39 is 6.43 Å². The number of rotatable bonds is 1. The molecule has 0 radical (unpaired) electrons. The molecule has 5 heteroatoms. The van der Waals surface area contributed by atoms with E-state index in [9.17, 15) is 13.9 Å². The van der Waals surface area contributed by atoms with Gasteiger partial charge < -0.3 is 5.11 Å². The lowest BCUT2D eigenvalue weighted by molar-refractivity contribution is 0.151. The van der Waals surface area contributed by atoms with Crippen molar-refractivity contribution in [1.82, 2.24) is 0 Å². The fourth-order valence-electron chi connectivity index (χ4n) is 1.25. The molecule has 0 atom stereocenters. The van der Waals surface area contributed by atoms with Gasteiger partial charge in [-0.2, -0.15) is 0 Å². The highest BCUT2D eigenvalue weighted by molar-refractivity contribution is 7.80. The number of thiophene rings is 1. The summed E-state index contributed by atoms with van der Waals surface area (Å²) in [6, 6.07) is 2.62. The molecule has 0 saturated heterocycles. The summed E-state index contributed by atoms with van der Waals surface area (Å²) < 4.78 is 25.5. The second kappa shape index (κ2) is 3.40. The van der Waals surface area contributed by atoms with Crippen molar-refractivity contribution in [3.63, 3.8) is 0 Å². The molecule has 1 aromatic heterocycles. The van der Waals surface area contributed by atoms with Crippen LogP contribution in [0.1, 0.15) is 12.0 Å². The second-order valence-electron chi connectivity index (χ2n) is 2.84. The first kappa shape index (κ1) is 9.73. The third kappa shape index (κ3) is 1.46. The van der Waals surface area contributed by atoms with Crippen molar-refractivity contribution in [2.45, 2.75) is 11.3 Å². The number of alkyl halides is 2. The Morgan fingerprint density at radius 3 is 2.71 bits per heavy atom. The van der Waals surface area contributed by atoms with Gasteiger partial charge in [0, 0.05) is 21.2 Å². The van der Waals surface area contributed by atoms with Crippen LogP contribution in [-0.2, 0) is 0 Å². The van der Waals surface area contributed by atoms with Crippen LogP contribution in [0.5, 0.6) is 5.75 Å². The summed E-state index contributed by atoms with van der Waals surface area (Å²) in [6.07, 6.45) is -2.54. The molecule has 1 aromatic carbocycles. The van der Waals surface area contributed by atoms with E-state index in [-0.39, 0.29) is 11.3 Å². The number of hydrogen-bond donors (Lipinski definition) is 2. The van der Waals surface area contributed by atoms with E-state index >= 15 is 0 Å². The Hall–Kier alpha value is -0.810. The average Bonchev–Trinajstić information content (AvgIpc) is 2.48. The van der Waals surface area contributed by atoms with E-state index in [1.807, 2.05) is 0 Å². The number of fused-ring (bicyclic) bond motifs is 1. The van der Waals surface area contributed by atoms with Gasteiger partial charge >= 0.3 is 0 Å². The van der Waals surface area contributed by atoms with Gasteiger partial charge in [-0.25, -0.2) is 8.78 Å². The molecule has 1 heterocycles. The zero-order valence-electron chi connectivity index (χ0n) is 6.87. The number of benzene rings is 1. The highest BCUT2D eigenvalue weighted by Crippen LogP contribution is 2.38. The standard InChI is InChI=1S/C9H6F2OS2/c10-9(11)4-1-5-6(12)3-14-8(5)7(13)2-4/h1-3,9,12-13H. The third-order valence-corrected chi connectivity index (χ3v) is 3.43. The molecule has 0 unspecified atom stereocenters. The van der Waals surface area contributed by atoms with Crippen molar-refractivity contribution in [1.29, 1.82) is 0 Å². The van der Waals surface area contributed by atoms with E-state index in [1.54, 1.807) is 0 Å². The molecule has 2 rings (SSSR count). The summed E-state index contributed by atoms with van der Waals surface area (Å²) in [5.74, 6) is 0.0304. The minimum Gasteiger partial charge on any atom is -0.506 e. The van der Waals surface area contributed by atoms with E-state index in [0.717, 1.165) is 4.70 Å². The smallest absolute Gasteiger partial charge is 0.263 e. The maximum Gasteiger partial charge on any atom is 0.263 e. The molecule has 0 bridgehead atoms. The number of hydrogen-bond acceptors (Lipinski definition) is 3. The average molecular weight is 232 g/mol. The zero-order chi connectivity index (χ0) is 10.3. The number of aromatic hydroxyl groups is 1. The Morgan fingerprint density at radius 1 is 1.36 bits per heavy atom. The lowest BCUT2D eigenvalue weighted by Crippen LogP contribution is -1.83. The van der Waals surface area contributed by atoms with E-state index in [2.05, 4.69) is 12.6 Å². The van der Waals surface area contributed by atoms with E-state index in [1.165, 1.54) is 28.8 Å². The van der Waals surface area contributed by atoms with Gasteiger partial charge in [-0.3, -0.25) is 0 Å². The minimum absolute atomic E-state index is 0.0304. The van der Waals surface area contributed by atoms with Crippen LogP contribution in [0.3, 0.4) is 0 Å². The molecule has 0 spiro atoms. The maximum absolute atomic E-state index is 12.4. The maximum atomic E-state index is 12.4. The molecule has 0 amide bonds. The summed E-state index contributed by atoms with van der Waals surface area (Å²) in [7, 11) is 0. The van der Waals surface area contributed by atoms with Crippen LogP contribution >= 0.6 is 24.0 Å². The van der Waals surface area contributed by atoms with Crippen LogP contribution in [0.4, 0.5) is 8.78 Å². The van der Waals surface area contributed by atoms with Gasteiger partial charge in [-0.15, -0.1) is 24.0 Å². The van der Waals surface area contributed by atoms with Gasteiger partial charge in [-0.1, -0.05) is 0 Å². The van der Waals surface area contributed by atoms with Crippen LogP contribution in [-0.4, -0.2) is 5.11 Å². The fourth-order valence-corrected chi connectivity index (χ4v) is 2.51. The molecule has 74 valence electrons. The normalized spacial score (nSPS) is 11.4. The van der Waals surface area contributed by atoms with Gasteiger partial charge in [0.05, 0.1) is 4.70 Å². The Labute approximate surface area is 88.4 Å². The summed E-state index contributed by atoms with van der Waals surface area (Å²) in [6.45, 7) is 0. The Kier molecular flexibility index (Phi) is 2.36. The van der Waals surface area contributed by atoms with Gasteiger partial charge in [0.2, 0.25) is 0 Å². The monoisotopic (exact) mass is 232 g/mol. The first-order valence-corrected chi connectivity index (χ1v) is 5.13. The molecule has 0 aliphatic rings. The second-order valence-corrected chi connectivity index (χ2v) is 4.20. The van der Waals surface area contributed by atoms with Crippen molar-refractivity contribution in [2.75, 3.05) is 0 Å². The van der Waals surface area contributed by atoms with Crippen molar-refractivity contribution in [2.24, 2.45) is 0 Å². The lowest BCUT2D eigenvalue weighted by Gasteiger charge is -2.02. The molecule has 1 N–H and O–H groups in total. The van der Waals surface area contributed by atoms with Crippen LogP contribution in [0.2, 0.25) is 0 Å². The molecule has 14 heavy (non-hydrogen) atoms. The molecular weight excluding hydrogens is 226 g/mol. The van der Waals surface area contributed by atoms with Gasteiger partial charge in [-0.05, 0) is 12.1 Å². The predicted octanol–water partition coefficient (Wildman–Crippen LogP) is 3.83. The molecule has 0 aliphatic heterocycles. The first-order valence-electron chi connectivity index (χ1n) is 3.81. The Morgan fingerprint density at radius 2 is 2.07 bits per heavy atom. The van der Waals surface area contributed by atoms with Crippen molar-refractivity contribution < 1.29 is 13.9 Å². The Balaban J connectivity index is 2.75. The lowest BCUT2D eigenvalue weighted by atomic mass is 10.1. The SMILES string of the molecule is Oc1csc2c(S)cc(C(F)F)cc12. The fraction of sp³-hybridized carbons (Fsp3) is 0.111. The Bertz CT molecular complexity index is 479. The van der Waals surface area contributed by atoms with Gasteiger partial charge in [0.15, 0.2) is 0 Å². The van der Waals surface area contributed by atoms with Crippen LogP contribution in [0.25, 0.3) is 10.1 Å². The largest absolute Gasteiger partial charge is 0.506 e. The zero-order valence-corrected chi connectivity index (χ0v) is 8.58. The topological polar surface area (TPSA) is 20.2 Å². The number of halogens is 2. The summed E-state index contributed by atoms with van der Waals surface area (Å²) in [5, 5.41) is 11.3. The summed E-state index contributed by atoms with van der Waals surface area (Å²) in [5.41, 5.74) is -0.115. The quantitative estimate of drug-likeness (QED) is 0.716. The van der Waals surface area contributed by atoms with E-state index in [4.69, 9.17) is 0 Å². The molecule has 0 fully saturated rings. The third-order valence-electron chi connectivity index (χ3n) is 1.91. The van der Waals surface area contributed by atoms with Crippen LogP contribution in [0.15, 0.2) is 22.4 Å².